The minimum Gasteiger partial charge on any atom is -0.359 e. The Morgan fingerprint density at radius 1 is 0.500 bits per heavy atom. The summed E-state index contributed by atoms with van der Waals surface area (Å²) in [5.74, 6) is -2.67. The van der Waals surface area contributed by atoms with Crippen molar-refractivity contribution in [1.29, 1.82) is 0 Å². The van der Waals surface area contributed by atoms with Crippen molar-refractivity contribution in [2.24, 2.45) is 23.7 Å². The molecule has 6 atom stereocenters. The van der Waals surface area contributed by atoms with Crippen LogP contribution in [0.4, 0.5) is 61.5 Å². The molecule has 0 saturated heterocycles. The zero-order chi connectivity index (χ0) is 37.6. The highest BCUT2D eigenvalue weighted by Crippen LogP contribution is 2.54. The summed E-state index contributed by atoms with van der Waals surface area (Å²) in [6.45, 7) is 3.61. The molecular formula is C30H46F14O4. The zero-order valence-electron chi connectivity index (χ0n) is 27.7. The van der Waals surface area contributed by atoms with Crippen LogP contribution in [0.1, 0.15) is 91.9 Å². The molecule has 48 heavy (non-hydrogen) atoms. The summed E-state index contributed by atoms with van der Waals surface area (Å²) < 4.78 is 205. The molecule has 0 bridgehead atoms. The molecule has 2 aliphatic rings. The van der Waals surface area contributed by atoms with Crippen LogP contribution in [0.25, 0.3) is 0 Å². The van der Waals surface area contributed by atoms with Gasteiger partial charge < -0.3 is 18.9 Å². The summed E-state index contributed by atoms with van der Waals surface area (Å²) in [5.41, 5.74) is -12.3. The molecule has 0 aliphatic heterocycles. The van der Waals surface area contributed by atoms with Gasteiger partial charge in [0.15, 0.2) is 0 Å². The Balaban J connectivity index is 0.000000480. The summed E-state index contributed by atoms with van der Waals surface area (Å²) in [5, 5.41) is 0. The van der Waals surface area contributed by atoms with E-state index in [9.17, 15) is 61.5 Å². The third-order valence-electron chi connectivity index (χ3n) is 9.18. The molecule has 6 unspecified atom stereocenters. The number of alkyl halides is 14. The van der Waals surface area contributed by atoms with Gasteiger partial charge in [-0.3, -0.25) is 0 Å². The topological polar surface area (TPSA) is 36.9 Å². The summed E-state index contributed by atoms with van der Waals surface area (Å²) in [6.07, 6.45) is -24.7. The van der Waals surface area contributed by atoms with Gasteiger partial charge in [0.2, 0.25) is 0 Å². The van der Waals surface area contributed by atoms with E-state index in [1.54, 1.807) is 13.8 Å². The number of methoxy groups -OCH3 is 2. The maximum Gasteiger partial charge on any atom is 0.426 e. The minimum absolute atomic E-state index is 0.111. The van der Waals surface area contributed by atoms with Crippen molar-refractivity contribution in [2.75, 3.05) is 27.8 Å². The number of ether oxygens (including phenoxy) is 4. The number of halogens is 14. The molecular weight excluding hydrogens is 690 g/mol. The Morgan fingerprint density at radius 2 is 0.750 bits per heavy atom. The van der Waals surface area contributed by atoms with Crippen molar-refractivity contribution in [1.82, 2.24) is 0 Å². The molecule has 0 N–H and O–H groups in total. The fourth-order valence-electron chi connectivity index (χ4n) is 7.15. The van der Waals surface area contributed by atoms with E-state index in [0.29, 0.717) is 12.8 Å². The molecule has 4 nitrogen and oxygen atoms in total. The molecule has 2 fully saturated rings. The molecule has 0 aromatic heterocycles. The van der Waals surface area contributed by atoms with Gasteiger partial charge >= 0.3 is 24.7 Å². The molecule has 2 saturated carbocycles. The van der Waals surface area contributed by atoms with Gasteiger partial charge in [-0.05, 0) is 88.9 Å². The molecule has 0 radical (unpaired) electrons. The van der Waals surface area contributed by atoms with Crippen LogP contribution in [-0.4, -0.2) is 75.1 Å². The van der Waals surface area contributed by atoms with Gasteiger partial charge in [-0.2, -0.15) is 52.7 Å². The summed E-state index contributed by atoms with van der Waals surface area (Å²) in [6, 6.07) is 0. The van der Waals surface area contributed by atoms with Crippen LogP contribution >= 0.6 is 0 Å². The fourth-order valence-corrected chi connectivity index (χ4v) is 7.15. The highest BCUT2D eigenvalue weighted by atomic mass is 19.4. The lowest BCUT2D eigenvalue weighted by molar-refractivity contribution is -0.397. The first-order valence-corrected chi connectivity index (χ1v) is 15.5. The Hall–Kier alpha value is -1.14. The lowest BCUT2D eigenvalue weighted by Crippen LogP contribution is -2.60. The van der Waals surface area contributed by atoms with Gasteiger partial charge in [-0.1, -0.05) is 26.7 Å². The number of hydrogen-bond donors (Lipinski definition) is 0. The quantitative estimate of drug-likeness (QED) is 0.148. The van der Waals surface area contributed by atoms with Crippen molar-refractivity contribution in [3.8, 4) is 0 Å². The van der Waals surface area contributed by atoms with Crippen LogP contribution < -0.4 is 0 Å². The summed E-state index contributed by atoms with van der Waals surface area (Å²) >= 11 is 0. The van der Waals surface area contributed by atoms with E-state index in [-0.39, 0.29) is 50.4 Å². The van der Waals surface area contributed by atoms with Crippen LogP contribution in [0.15, 0.2) is 0 Å². The molecule has 0 heterocycles. The van der Waals surface area contributed by atoms with Crippen molar-refractivity contribution in [2.45, 2.75) is 139 Å². The van der Waals surface area contributed by atoms with Gasteiger partial charge in [0.25, 0.3) is 11.2 Å². The molecule has 0 aromatic carbocycles. The van der Waals surface area contributed by atoms with Crippen LogP contribution in [-0.2, 0) is 18.9 Å². The second-order valence-electron chi connectivity index (χ2n) is 13.6. The largest absolute Gasteiger partial charge is 0.426 e. The highest BCUT2D eigenvalue weighted by Gasteiger charge is 2.74. The second kappa shape index (κ2) is 16.5. The van der Waals surface area contributed by atoms with E-state index in [1.807, 2.05) is 0 Å². The number of hydrogen-bond acceptors (Lipinski definition) is 4. The Morgan fingerprint density at radius 3 is 0.958 bits per heavy atom. The Bertz CT molecular complexity index is 855. The Kier molecular flexibility index (Phi) is 15.4. The van der Waals surface area contributed by atoms with Crippen LogP contribution in [0.3, 0.4) is 0 Å². The molecule has 2 aliphatic carbocycles. The van der Waals surface area contributed by atoms with Crippen molar-refractivity contribution in [3.05, 3.63) is 0 Å². The minimum atomic E-state index is -5.68. The molecule has 2 rings (SSSR count). The van der Waals surface area contributed by atoms with Crippen molar-refractivity contribution in [3.63, 3.8) is 0 Å². The van der Waals surface area contributed by atoms with Gasteiger partial charge in [0, 0.05) is 14.2 Å². The van der Waals surface area contributed by atoms with Gasteiger partial charge in [-0.15, -0.1) is 0 Å². The van der Waals surface area contributed by atoms with Crippen molar-refractivity contribution >= 4 is 0 Å². The van der Waals surface area contributed by atoms with Crippen molar-refractivity contribution < 1.29 is 80.4 Å². The SMILES string of the molecule is CCC1CC(CC(OCOC)(C(F)(F)F)C(F)(F)F)CC(C)(F)C1.CCC1CC(CC(OCOC)(C(F)(F)F)C(F)(F)F)CC(C)(F)C1. The lowest BCUT2D eigenvalue weighted by Gasteiger charge is -2.43. The molecule has 0 amide bonds. The van der Waals surface area contributed by atoms with E-state index >= 15 is 0 Å². The highest BCUT2D eigenvalue weighted by molar-refractivity contribution is 5.01. The summed E-state index contributed by atoms with van der Waals surface area (Å²) in [4.78, 5) is 0. The van der Waals surface area contributed by atoms with E-state index in [4.69, 9.17) is 0 Å². The predicted molar refractivity (Wildman–Crippen MR) is 146 cm³/mol. The van der Waals surface area contributed by atoms with Gasteiger partial charge in [0.05, 0.1) is 0 Å². The average Bonchev–Trinajstić information content (AvgIpc) is 2.89. The average molecular weight is 737 g/mol. The molecule has 0 aromatic rings. The third kappa shape index (κ3) is 11.4. The van der Waals surface area contributed by atoms with E-state index in [1.165, 1.54) is 13.8 Å². The zero-order valence-corrected chi connectivity index (χ0v) is 27.7. The van der Waals surface area contributed by atoms with E-state index in [2.05, 4.69) is 18.9 Å². The maximum atomic E-state index is 14.4. The van der Waals surface area contributed by atoms with E-state index in [0.717, 1.165) is 14.2 Å². The van der Waals surface area contributed by atoms with Crippen LogP contribution in [0, 0.1) is 23.7 Å². The van der Waals surface area contributed by atoms with E-state index < -0.39 is 85.5 Å². The monoisotopic (exact) mass is 736 g/mol. The first-order chi connectivity index (χ1) is 21.6. The maximum absolute atomic E-state index is 14.4. The number of rotatable bonds is 12. The van der Waals surface area contributed by atoms with Gasteiger partial charge in [0.1, 0.15) is 24.9 Å². The standard InChI is InChI=1S/2C15H23F7O2/c2*1-4-10-5-11(7-12(2,16)6-10)8-13(14(17,18)19,15(20,21)22)24-9-23-3/h2*10-11H,4-9H2,1-3H3. The third-order valence-corrected chi connectivity index (χ3v) is 9.18. The molecule has 0 spiro atoms. The van der Waals surface area contributed by atoms with Crippen LogP contribution in [0.5, 0.6) is 0 Å². The molecule has 18 heteroatoms. The second-order valence-corrected chi connectivity index (χ2v) is 13.6. The normalized spacial score (nSPS) is 29.8. The Labute approximate surface area is 271 Å². The predicted octanol–water partition coefficient (Wildman–Crippen LogP) is 10.8. The molecule has 288 valence electrons. The van der Waals surface area contributed by atoms with Gasteiger partial charge in [-0.25, -0.2) is 8.78 Å². The first kappa shape index (κ1) is 44.9. The smallest absolute Gasteiger partial charge is 0.359 e. The van der Waals surface area contributed by atoms with Crippen LogP contribution in [0.2, 0.25) is 0 Å². The fraction of sp³-hybridized carbons (Fsp3) is 1.00. The first-order valence-electron chi connectivity index (χ1n) is 15.5. The summed E-state index contributed by atoms with van der Waals surface area (Å²) in [7, 11) is 1.87. The lowest BCUT2D eigenvalue weighted by atomic mass is 9.69.